The predicted octanol–water partition coefficient (Wildman–Crippen LogP) is 3.01. The summed E-state index contributed by atoms with van der Waals surface area (Å²) in [5.41, 5.74) is 1.93. The molecule has 2 aliphatic rings. The molecule has 3 aromatic rings. The largest absolute Gasteiger partial charge is 0.355 e. The van der Waals surface area contributed by atoms with Crippen LogP contribution >= 0.6 is 11.6 Å². The number of hydrogen-bond acceptors (Lipinski definition) is 8. The minimum atomic E-state index is -3.72. The van der Waals surface area contributed by atoms with E-state index in [1.54, 1.807) is 6.92 Å². The molecule has 0 N–H and O–H groups in total. The van der Waals surface area contributed by atoms with Gasteiger partial charge in [-0.05, 0) is 42.5 Å². The summed E-state index contributed by atoms with van der Waals surface area (Å²) in [4.78, 5) is 8.62. The van der Waals surface area contributed by atoms with Crippen molar-refractivity contribution < 1.29 is 22.1 Å². The highest BCUT2D eigenvalue weighted by Crippen LogP contribution is 2.26. The topological polar surface area (TPSA) is 92.0 Å². The Labute approximate surface area is 208 Å². The van der Waals surface area contributed by atoms with Gasteiger partial charge in [-0.3, -0.25) is 4.90 Å². The molecule has 186 valence electrons. The van der Waals surface area contributed by atoms with Gasteiger partial charge in [-0.15, -0.1) is 0 Å². The number of piperazine rings is 1. The van der Waals surface area contributed by atoms with Crippen LogP contribution in [0.2, 0.25) is 5.02 Å². The highest BCUT2D eigenvalue weighted by Gasteiger charge is 2.31. The van der Waals surface area contributed by atoms with Crippen molar-refractivity contribution in [3.05, 3.63) is 59.2 Å². The first kappa shape index (κ1) is 24.1. The molecule has 3 heterocycles. The molecule has 0 spiro atoms. The highest BCUT2D eigenvalue weighted by atomic mass is 35.5. The second-order valence-corrected chi connectivity index (χ2v) is 10.9. The summed E-state index contributed by atoms with van der Waals surface area (Å²) in [6.45, 7) is 5.59. The van der Waals surface area contributed by atoms with E-state index in [4.69, 9.17) is 20.9 Å². The zero-order chi connectivity index (χ0) is 24.6. The molecule has 1 unspecified atom stereocenters. The Morgan fingerprint density at radius 3 is 2.51 bits per heavy atom. The maximum absolute atomic E-state index is 13.4. The molecule has 0 radical (unpaired) electrons. The van der Waals surface area contributed by atoms with Crippen LogP contribution in [0.15, 0.2) is 51.9 Å². The van der Waals surface area contributed by atoms with Gasteiger partial charge in [0, 0.05) is 57.4 Å². The number of halogens is 2. The Balaban J connectivity index is 1.13. The standard InChI is InChI=1S/C23H25ClFN5O4S/c1-16-26-23(27-34-16)17-2-4-18(5-3-17)29-14-19(33-15-29)13-28-8-10-30(11-9-28)35(31,32)20-6-7-22(25)21(24)12-20/h2-7,12,19H,8-11,13-15H2,1H3. The Morgan fingerprint density at radius 2 is 1.86 bits per heavy atom. The molecule has 1 aromatic heterocycles. The average Bonchev–Trinajstić information content (AvgIpc) is 3.50. The van der Waals surface area contributed by atoms with Crippen LogP contribution in [0.5, 0.6) is 0 Å². The number of sulfonamides is 1. The number of rotatable bonds is 6. The van der Waals surface area contributed by atoms with E-state index in [0.717, 1.165) is 29.9 Å². The van der Waals surface area contributed by atoms with Gasteiger partial charge in [0.2, 0.25) is 21.7 Å². The first-order valence-corrected chi connectivity index (χ1v) is 13.1. The van der Waals surface area contributed by atoms with Gasteiger partial charge in [0.05, 0.1) is 16.0 Å². The maximum Gasteiger partial charge on any atom is 0.243 e. The molecule has 2 aliphatic heterocycles. The SMILES string of the molecule is Cc1nc(-c2ccc(N3COC(CN4CCN(S(=O)(=O)c5ccc(F)c(Cl)c5)CC4)C3)cc2)no1. The lowest BCUT2D eigenvalue weighted by molar-refractivity contribution is 0.0664. The van der Waals surface area contributed by atoms with Crippen molar-refractivity contribution in [2.24, 2.45) is 0 Å². The molecule has 0 bridgehead atoms. The zero-order valence-electron chi connectivity index (χ0n) is 19.1. The van der Waals surface area contributed by atoms with Crippen LogP contribution in [0, 0.1) is 12.7 Å². The summed E-state index contributed by atoms with van der Waals surface area (Å²) < 4.78 is 51.7. The summed E-state index contributed by atoms with van der Waals surface area (Å²) in [6, 6.07) is 11.4. The lowest BCUT2D eigenvalue weighted by atomic mass is 10.2. The lowest BCUT2D eigenvalue weighted by Crippen LogP contribution is -2.50. The lowest BCUT2D eigenvalue weighted by Gasteiger charge is -2.34. The van der Waals surface area contributed by atoms with Crippen molar-refractivity contribution >= 4 is 27.3 Å². The Bertz CT molecular complexity index is 1300. The van der Waals surface area contributed by atoms with E-state index in [1.165, 1.54) is 10.4 Å². The average molecular weight is 522 g/mol. The Kier molecular flexibility index (Phi) is 6.78. The number of nitrogens with zero attached hydrogens (tertiary/aromatic N) is 5. The van der Waals surface area contributed by atoms with Crippen molar-refractivity contribution in [2.45, 2.75) is 17.9 Å². The van der Waals surface area contributed by atoms with E-state index in [2.05, 4.69) is 19.9 Å². The van der Waals surface area contributed by atoms with Gasteiger partial charge in [0.15, 0.2) is 0 Å². The summed E-state index contributed by atoms with van der Waals surface area (Å²) in [5, 5.41) is 3.74. The highest BCUT2D eigenvalue weighted by molar-refractivity contribution is 7.89. The molecule has 2 saturated heterocycles. The number of aryl methyl sites for hydroxylation is 1. The fraction of sp³-hybridized carbons (Fsp3) is 0.391. The van der Waals surface area contributed by atoms with Gasteiger partial charge < -0.3 is 14.2 Å². The van der Waals surface area contributed by atoms with E-state index >= 15 is 0 Å². The molecule has 0 aliphatic carbocycles. The van der Waals surface area contributed by atoms with Crippen LogP contribution in [0.4, 0.5) is 10.1 Å². The van der Waals surface area contributed by atoms with Gasteiger partial charge in [-0.2, -0.15) is 9.29 Å². The van der Waals surface area contributed by atoms with Crippen molar-refractivity contribution in [1.29, 1.82) is 0 Å². The van der Waals surface area contributed by atoms with Crippen LogP contribution in [0.25, 0.3) is 11.4 Å². The van der Waals surface area contributed by atoms with E-state index in [-0.39, 0.29) is 16.0 Å². The van der Waals surface area contributed by atoms with Gasteiger partial charge in [-0.1, -0.05) is 16.8 Å². The van der Waals surface area contributed by atoms with Crippen LogP contribution in [-0.4, -0.2) is 79.9 Å². The molecule has 35 heavy (non-hydrogen) atoms. The van der Waals surface area contributed by atoms with Gasteiger partial charge >= 0.3 is 0 Å². The smallest absolute Gasteiger partial charge is 0.243 e. The summed E-state index contributed by atoms with van der Waals surface area (Å²) >= 11 is 5.78. The van der Waals surface area contributed by atoms with Crippen molar-refractivity contribution in [1.82, 2.24) is 19.3 Å². The number of hydrogen-bond donors (Lipinski definition) is 0. The van der Waals surface area contributed by atoms with Crippen molar-refractivity contribution in [3.8, 4) is 11.4 Å². The molecule has 2 fully saturated rings. The number of ether oxygens (including phenoxy) is 1. The molecule has 1 atom stereocenters. The molecule has 5 rings (SSSR count). The van der Waals surface area contributed by atoms with E-state index in [9.17, 15) is 12.8 Å². The van der Waals surface area contributed by atoms with Gasteiger partial charge in [0.1, 0.15) is 12.5 Å². The monoisotopic (exact) mass is 521 g/mol. The van der Waals surface area contributed by atoms with Gasteiger partial charge in [-0.25, -0.2) is 12.8 Å². The van der Waals surface area contributed by atoms with Crippen LogP contribution < -0.4 is 4.90 Å². The van der Waals surface area contributed by atoms with Crippen molar-refractivity contribution in [3.63, 3.8) is 0 Å². The van der Waals surface area contributed by atoms with Crippen LogP contribution in [0.3, 0.4) is 0 Å². The zero-order valence-corrected chi connectivity index (χ0v) is 20.7. The van der Waals surface area contributed by atoms with E-state index < -0.39 is 15.8 Å². The molecule has 9 nitrogen and oxygen atoms in total. The first-order valence-electron chi connectivity index (χ1n) is 11.2. The third kappa shape index (κ3) is 5.19. The van der Waals surface area contributed by atoms with Crippen LogP contribution in [-0.2, 0) is 14.8 Å². The molecular weight excluding hydrogens is 497 g/mol. The Morgan fingerprint density at radius 1 is 1.11 bits per heavy atom. The molecule has 0 saturated carbocycles. The maximum atomic E-state index is 13.4. The summed E-state index contributed by atoms with van der Waals surface area (Å²) in [6.07, 6.45) is 0.0218. The summed E-state index contributed by atoms with van der Waals surface area (Å²) in [7, 11) is -3.72. The molecule has 12 heteroatoms. The second kappa shape index (κ2) is 9.82. The fourth-order valence-corrected chi connectivity index (χ4v) is 6.00. The summed E-state index contributed by atoms with van der Waals surface area (Å²) in [5.74, 6) is 0.450. The molecular formula is C23H25ClFN5O4S. The van der Waals surface area contributed by atoms with Crippen molar-refractivity contribution in [2.75, 3.05) is 50.9 Å². The Hall–Kier alpha value is -2.57. The third-order valence-corrected chi connectivity index (χ3v) is 8.41. The number of benzene rings is 2. The minimum absolute atomic E-state index is 0.00704. The third-order valence-electron chi connectivity index (χ3n) is 6.23. The number of anilines is 1. The second-order valence-electron chi connectivity index (χ2n) is 8.60. The quantitative estimate of drug-likeness (QED) is 0.489. The van der Waals surface area contributed by atoms with E-state index in [1.807, 2.05) is 24.3 Å². The van der Waals surface area contributed by atoms with Crippen LogP contribution in [0.1, 0.15) is 5.89 Å². The molecule has 2 aromatic carbocycles. The fourth-order valence-electron chi connectivity index (χ4n) is 4.30. The number of aromatic nitrogens is 2. The first-order chi connectivity index (χ1) is 16.8. The normalized spacial score (nSPS) is 20.0. The minimum Gasteiger partial charge on any atom is -0.355 e. The predicted molar refractivity (Wildman–Crippen MR) is 128 cm³/mol. The molecule has 0 amide bonds. The van der Waals surface area contributed by atoms with E-state index in [0.29, 0.717) is 51.2 Å². The van der Waals surface area contributed by atoms with Gasteiger partial charge in [0.25, 0.3) is 0 Å².